The maximum Gasteiger partial charge on any atom is 0.262 e. The van der Waals surface area contributed by atoms with Crippen LogP contribution in [0.4, 0.5) is 4.39 Å². The van der Waals surface area contributed by atoms with E-state index in [2.05, 4.69) is 27.1 Å². The summed E-state index contributed by atoms with van der Waals surface area (Å²) in [5.41, 5.74) is 9.66. The van der Waals surface area contributed by atoms with E-state index >= 15 is 0 Å². The molecule has 1 amide bonds. The molecule has 3 heterocycles. The molecular formula is C34H27FN6O3S. The summed E-state index contributed by atoms with van der Waals surface area (Å²) >= 11 is 0. The summed E-state index contributed by atoms with van der Waals surface area (Å²) in [6.45, 7) is 2.02. The van der Waals surface area contributed by atoms with E-state index in [0.717, 1.165) is 11.2 Å². The zero-order chi connectivity index (χ0) is 31.5. The molecule has 45 heavy (non-hydrogen) atoms. The van der Waals surface area contributed by atoms with Crippen LogP contribution in [0.25, 0.3) is 16.6 Å². The topological polar surface area (TPSA) is 124 Å². The van der Waals surface area contributed by atoms with Crippen LogP contribution in [-0.4, -0.2) is 29.1 Å². The lowest BCUT2D eigenvalue weighted by atomic mass is 10.1. The molecule has 0 aliphatic rings. The van der Waals surface area contributed by atoms with E-state index in [-0.39, 0.29) is 36.2 Å². The summed E-state index contributed by atoms with van der Waals surface area (Å²) in [4.78, 5) is 35.1. The zero-order valence-electron chi connectivity index (χ0n) is 24.2. The standard InChI is InChI=1S/C34H27FN6O3S/c1-22-39-30-16-25(5-10-29(30)34(43)41(22)21-36)20-45(44)31-11-7-27(18-26(31)6-2-23-3-8-28(35)9-4-23)33(42)38-19-24-12-14-40-15-13-37-32(40)17-24/h3-5,7-18H,19-21,36H2,1H3,(H,38,42). The first-order valence-corrected chi connectivity index (χ1v) is 15.3. The van der Waals surface area contributed by atoms with Crippen LogP contribution in [-0.2, 0) is 29.8 Å². The van der Waals surface area contributed by atoms with E-state index in [9.17, 15) is 18.2 Å². The fourth-order valence-electron chi connectivity index (χ4n) is 4.90. The SMILES string of the molecule is Cc1nc2cc(CS(=O)c3ccc(C(=O)NCc4ccn5ccnc5c4)cc3C#Cc3ccc(F)cc3)ccc2c(=O)n1CN. The van der Waals surface area contributed by atoms with Gasteiger partial charge in [0.25, 0.3) is 11.5 Å². The molecular weight excluding hydrogens is 591 g/mol. The average Bonchev–Trinajstić information content (AvgIpc) is 3.51. The van der Waals surface area contributed by atoms with E-state index in [4.69, 9.17) is 5.73 Å². The average molecular weight is 619 g/mol. The van der Waals surface area contributed by atoms with Gasteiger partial charge >= 0.3 is 0 Å². The van der Waals surface area contributed by atoms with Gasteiger partial charge in [-0.15, -0.1) is 0 Å². The monoisotopic (exact) mass is 618 g/mol. The number of nitrogens with two attached hydrogens (primary N) is 1. The molecule has 3 N–H and O–H groups in total. The van der Waals surface area contributed by atoms with E-state index in [1.165, 1.54) is 16.7 Å². The minimum Gasteiger partial charge on any atom is -0.348 e. The molecule has 0 saturated carbocycles. The third-order valence-corrected chi connectivity index (χ3v) is 8.72. The van der Waals surface area contributed by atoms with Crippen molar-refractivity contribution in [1.82, 2.24) is 24.3 Å². The van der Waals surface area contributed by atoms with Gasteiger partial charge in [0.1, 0.15) is 17.3 Å². The van der Waals surface area contributed by atoms with E-state index in [1.807, 2.05) is 28.9 Å². The van der Waals surface area contributed by atoms with Gasteiger partial charge in [0, 0.05) is 41.8 Å². The molecule has 0 spiro atoms. The quantitative estimate of drug-likeness (QED) is 0.260. The van der Waals surface area contributed by atoms with Crippen LogP contribution < -0.4 is 16.6 Å². The first-order valence-electron chi connectivity index (χ1n) is 14.0. The molecule has 0 fully saturated rings. The minimum atomic E-state index is -1.57. The van der Waals surface area contributed by atoms with Gasteiger partial charge in [-0.05, 0) is 84.8 Å². The number of aryl methyl sites for hydroxylation is 1. The molecule has 0 saturated heterocycles. The number of imidazole rings is 1. The fourth-order valence-corrected chi connectivity index (χ4v) is 6.11. The first-order chi connectivity index (χ1) is 21.8. The number of rotatable bonds is 7. The Balaban J connectivity index is 1.28. The van der Waals surface area contributed by atoms with Gasteiger partial charge < -0.3 is 15.5 Å². The maximum absolute atomic E-state index is 13.7. The van der Waals surface area contributed by atoms with Crippen LogP contribution in [0.2, 0.25) is 0 Å². The third-order valence-electron chi connectivity index (χ3n) is 7.28. The maximum atomic E-state index is 13.7. The van der Waals surface area contributed by atoms with Gasteiger partial charge in [0.05, 0.1) is 39.0 Å². The highest BCUT2D eigenvalue weighted by atomic mass is 32.2. The molecule has 1 atom stereocenters. The van der Waals surface area contributed by atoms with Crippen LogP contribution in [0.15, 0.2) is 101 Å². The van der Waals surface area contributed by atoms with E-state index in [0.29, 0.717) is 43.9 Å². The number of benzene rings is 3. The number of hydrogen-bond donors (Lipinski definition) is 2. The molecule has 0 bridgehead atoms. The van der Waals surface area contributed by atoms with Gasteiger partial charge in [0.2, 0.25) is 0 Å². The number of carbonyl (C=O) groups is 1. The van der Waals surface area contributed by atoms with Gasteiger partial charge in [-0.25, -0.2) is 14.4 Å². The van der Waals surface area contributed by atoms with Gasteiger partial charge in [-0.3, -0.25) is 18.4 Å². The summed E-state index contributed by atoms with van der Waals surface area (Å²) in [6.07, 6.45) is 5.42. The number of hydrogen-bond acceptors (Lipinski definition) is 6. The summed E-state index contributed by atoms with van der Waals surface area (Å²) in [5, 5.41) is 3.34. The molecule has 9 nitrogen and oxygen atoms in total. The lowest BCUT2D eigenvalue weighted by Crippen LogP contribution is -2.27. The predicted octanol–water partition coefficient (Wildman–Crippen LogP) is 4.05. The van der Waals surface area contributed by atoms with Crippen molar-refractivity contribution in [3.05, 3.63) is 141 Å². The van der Waals surface area contributed by atoms with Crippen LogP contribution in [0.5, 0.6) is 0 Å². The lowest BCUT2D eigenvalue weighted by Gasteiger charge is -2.11. The van der Waals surface area contributed by atoms with Crippen molar-refractivity contribution < 1.29 is 13.4 Å². The molecule has 0 aliphatic carbocycles. The molecule has 3 aromatic carbocycles. The second-order valence-electron chi connectivity index (χ2n) is 10.3. The molecule has 0 aliphatic heterocycles. The molecule has 0 radical (unpaired) electrons. The Hall–Kier alpha value is -5.44. The number of pyridine rings is 1. The highest BCUT2D eigenvalue weighted by molar-refractivity contribution is 7.84. The van der Waals surface area contributed by atoms with Crippen molar-refractivity contribution in [3.63, 3.8) is 0 Å². The number of nitrogens with one attached hydrogen (secondary N) is 1. The van der Waals surface area contributed by atoms with Gasteiger partial charge in [0.15, 0.2) is 0 Å². The van der Waals surface area contributed by atoms with Crippen molar-refractivity contribution >= 4 is 33.3 Å². The second kappa shape index (κ2) is 12.7. The fraction of sp³-hybridized carbons (Fsp3) is 0.118. The van der Waals surface area contributed by atoms with E-state index in [1.54, 1.807) is 61.7 Å². The Morgan fingerprint density at radius 3 is 2.62 bits per heavy atom. The van der Waals surface area contributed by atoms with Crippen molar-refractivity contribution in [1.29, 1.82) is 0 Å². The molecule has 1 unspecified atom stereocenters. The Labute approximate surface area is 260 Å². The molecule has 3 aromatic heterocycles. The number of fused-ring (bicyclic) bond motifs is 2. The summed E-state index contributed by atoms with van der Waals surface area (Å²) in [6, 6.07) is 19.5. The van der Waals surface area contributed by atoms with Gasteiger partial charge in [-0.1, -0.05) is 17.9 Å². The van der Waals surface area contributed by atoms with Gasteiger partial charge in [-0.2, -0.15) is 0 Å². The minimum absolute atomic E-state index is 0.0241. The number of amides is 1. The van der Waals surface area contributed by atoms with Crippen molar-refractivity contribution in [3.8, 4) is 11.8 Å². The Bertz CT molecular complexity index is 2230. The normalized spacial score (nSPS) is 11.7. The zero-order valence-corrected chi connectivity index (χ0v) is 25.0. The van der Waals surface area contributed by atoms with Crippen LogP contribution >= 0.6 is 0 Å². The summed E-state index contributed by atoms with van der Waals surface area (Å²) in [5.74, 6) is 5.94. The number of carbonyl (C=O) groups excluding carboxylic acids is 1. The highest BCUT2D eigenvalue weighted by Gasteiger charge is 2.15. The van der Waals surface area contributed by atoms with Crippen LogP contribution in [0.3, 0.4) is 0 Å². The van der Waals surface area contributed by atoms with Crippen molar-refractivity contribution in [2.24, 2.45) is 5.73 Å². The van der Waals surface area contributed by atoms with Crippen molar-refractivity contribution in [2.75, 3.05) is 0 Å². The molecule has 6 rings (SSSR count). The largest absolute Gasteiger partial charge is 0.348 e. The molecule has 11 heteroatoms. The Morgan fingerprint density at radius 2 is 1.82 bits per heavy atom. The first kappa shape index (κ1) is 29.6. The number of aromatic nitrogens is 4. The molecule has 224 valence electrons. The predicted molar refractivity (Wildman–Crippen MR) is 170 cm³/mol. The third kappa shape index (κ3) is 6.43. The Morgan fingerprint density at radius 1 is 1.00 bits per heavy atom. The summed E-state index contributed by atoms with van der Waals surface area (Å²) < 4.78 is 30.4. The summed E-state index contributed by atoms with van der Waals surface area (Å²) in [7, 11) is -1.57. The van der Waals surface area contributed by atoms with Crippen LogP contribution in [0.1, 0.15) is 38.4 Å². The lowest BCUT2D eigenvalue weighted by molar-refractivity contribution is 0.0950. The van der Waals surface area contributed by atoms with Crippen LogP contribution in [0, 0.1) is 24.6 Å². The second-order valence-corrected chi connectivity index (χ2v) is 11.7. The highest BCUT2D eigenvalue weighted by Crippen LogP contribution is 2.21. The van der Waals surface area contributed by atoms with E-state index < -0.39 is 10.8 Å². The molecule has 6 aromatic rings. The smallest absolute Gasteiger partial charge is 0.262 e. The number of halogens is 1. The Kier molecular flexibility index (Phi) is 8.33. The van der Waals surface area contributed by atoms with Crippen molar-refractivity contribution in [2.45, 2.75) is 30.8 Å². The number of nitrogens with zero attached hydrogens (tertiary/aromatic N) is 4.